The summed E-state index contributed by atoms with van der Waals surface area (Å²) >= 11 is 0. The third-order valence-corrected chi connectivity index (χ3v) is 4.95. The molecule has 128 valence electrons. The summed E-state index contributed by atoms with van der Waals surface area (Å²) in [6.45, 7) is 6.16. The molecule has 1 aromatic carbocycles. The van der Waals surface area contributed by atoms with Gasteiger partial charge >= 0.3 is 5.97 Å². The lowest BCUT2D eigenvalue weighted by molar-refractivity contribution is -0.162. The summed E-state index contributed by atoms with van der Waals surface area (Å²) in [5.74, 6) is -1.20. The van der Waals surface area contributed by atoms with Crippen molar-refractivity contribution in [2.75, 3.05) is 13.1 Å². The Hall–Kier alpha value is -2.34. The van der Waals surface area contributed by atoms with E-state index in [1.807, 2.05) is 32.9 Å². The number of nitrogens with zero attached hydrogens (tertiary/aromatic N) is 1. The maximum absolute atomic E-state index is 12.8. The largest absolute Gasteiger partial charge is 0.479 e. The van der Waals surface area contributed by atoms with Gasteiger partial charge in [-0.15, -0.1) is 0 Å². The number of rotatable bonds is 2. The second-order valence-corrected chi connectivity index (χ2v) is 6.59. The number of carboxylic acids is 1. The molecule has 0 unspecified atom stereocenters. The minimum absolute atomic E-state index is 0.0193. The van der Waals surface area contributed by atoms with Gasteiger partial charge in [0.1, 0.15) is 5.58 Å². The molecule has 2 aromatic rings. The summed E-state index contributed by atoms with van der Waals surface area (Å²) in [5.41, 5.74) is 1.80. The minimum Gasteiger partial charge on any atom is -0.479 e. The molecule has 0 atom stereocenters. The Morgan fingerprint density at radius 3 is 2.25 bits per heavy atom. The van der Waals surface area contributed by atoms with E-state index in [0.717, 1.165) is 27.7 Å². The second-order valence-electron chi connectivity index (χ2n) is 6.59. The van der Waals surface area contributed by atoms with Crippen LogP contribution in [0.4, 0.5) is 0 Å². The van der Waals surface area contributed by atoms with Gasteiger partial charge in [0.05, 0.1) is 0 Å². The molecule has 3 rings (SSSR count). The highest BCUT2D eigenvalue weighted by Crippen LogP contribution is 2.32. The lowest BCUT2D eigenvalue weighted by Gasteiger charge is -2.34. The van der Waals surface area contributed by atoms with Crippen LogP contribution in [0, 0.1) is 20.8 Å². The number of likely N-dealkylation sites (tertiary alicyclic amines) is 1. The van der Waals surface area contributed by atoms with Crippen LogP contribution in [0.5, 0.6) is 0 Å². The number of piperidine rings is 1. The van der Waals surface area contributed by atoms with Crippen molar-refractivity contribution in [3.8, 4) is 0 Å². The second kappa shape index (κ2) is 5.63. The first kappa shape index (κ1) is 16.5. The van der Waals surface area contributed by atoms with Gasteiger partial charge in [-0.1, -0.05) is 12.1 Å². The number of carbonyl (C=O) groups is 2. The van der Waals surface area contributed by atoms with E-state index < -0.39 is 11.6 Å². The normalized spacial score (nSPS) is 17.2. The molecule has 0 bridgehead atoms. The van der Waals surface area contributed by atoms with Crippen molar-refractivity contribution >= 4 is 22.8 Å². The zero-order valence-electron chi connectivity index (χ0n) is 14.0. The first-order valence-electron chi connectivity index (χ1n) is 7.99. The molecular weight excluding hydrogens is 310 g/mol. The maximum atomic E-state index is 12.8. The van der Waals surface area contributed by atoms with E-state index in [0.29, 0.717) is 5.76 Å². The van der Waals surface area contributed by atoms with Gasteiger partial charge in [-0.05, 0) is 31.9 Å². The minimum atomic E-state index is -1.74. The molecule has 1 amide bonds. The van der Waals surface area contributed by atoms with Crippen LogP contribution in [-0.4, -0.2) is 45.7 Å². The molecule has 1 aliphatic heterocycles. The predicted octanol–water partition coefficient (Wildman–Crippen LogP) is 2.41. The van der Waals surface area contributed by atoms with Crippen LogP contribution in [0.3, 0.4) is 0 Å². The molecule has 1 saturated heterocycles. The van der Waals surface area contributed by atoms with Gasteiger partial charge in [-0.25, -0.2) is 4.79 Å². The molecule has 1 aromatic heterocycles. The first-order chi connectivity index (χ1) is 11.2. The third kappa shape index (κ3) is 2.47. The van der Waals surface area contributed by atoms with E-state index >= 15 is 0 Å². The summed E-state index contributed by atoms with van der Waals surface area (Å²) in [6, 6.07) is 3.96. The number of fused-ring (bicyclic) bond motifs is 1. The van der Waals surface area contributed by atoms with Crippen LogP contribution in [0.25, 0.3) is 11.0 Å². The van der Waals surface area contributed by atoms with Crippen LogP contribution in [0.1, 0.15) is 40.1 Å². The predicted molar refractivity (Wildman–Crippen MR) is 88.1 cm³/mol. The highest BCUT2D eigenvalue weighted by Gasteiger charge is 2.41. The summed E-state index contributed by atoms with van der Waals surface area (Å²) in [7, 11) is 0. The van der Waals surface area contributed by atoms with Gasteiger partial charge in [0.2, 0.25) is 0 Å². The summed E-state index contributed by atoms with van der Waals surface area (Å²) < 4.78 is 5.85. The summed E-state index contributed by atoms with van der Waals surface area (Å²) in [5, 5.41) is 20.0. The van der Waals surface area contributed by atoms with E-state index in [-0.39, 0.29) is 31.8 Å². The van der Waals surface area contributed by atoms with Gasteiger partial charge in [0, 0.05) is 36.9 Å². The Balaban J connectivity index is 1.91. The standard InChI is InChI=1S/C18H21NO5/c1-10-4-5-11(2)14-13(10)12(3)15(24-14)16(20)19-8-6-18(23,7-9-19)17(21)22/h4-5,23H,6-9H2,1-3H3,(H,21,22). The van der Waals surface area contributed by atoms with Crippen molar-refractivity contribution in [2.45, 2.75) is 39.2 Å². The molecule has 0 spiro atoms. The smallest absolute Gasteiger partial charge is 0.335 e. The Labute approximate surface area is 139 Å². The van der Waals surface area contributed by atoms with Gasteiger partial charge in [-0.3, -0.25) is 4.79 Å². The van der Waals surface area contributed by atoms with Crippen LogP contribution in [0.2, 0.25) is 0 Å². The number of carbonyl (C=O) groups excluding carboxylic acids is 1. The van der Waals surface area contributed by atoms with Crippen molar-refractivity contribution in [1.82, 2.24) is 4.90 Å². The van der Waals surface area contributed by atoms with E-state index in [2.05, 4.69) is 0 Å². The average molecular weight is 331 g/mol. The fourth-order valence-electron chi connectivity index (χ4n) is 3.32. The number of aliphatic hydroxyl groups is 1. The van der Waals surface area contributed by atoms with Crippen LogP contribution < -0.4 is 0 Å². The number of furan rings is 1. The molecule has 1 fully saturated rings. The Morgan fingerprint density at radius 2 is 1.71 bits per heavy atom. The fraction of sp³-hybridized carbons (Fsp3) is 0.444. The van der Waals surface area contributed by atoms with Gasteiger partial charge in [-0.2, -0.15) is 0 Å². The van der Waals surface area contributed by atoms with Crippen molar-refractivity contribution < 1.29 is 24.2 Å². The number of hydrogen-bond acceptors (Lipinski definition) is 4. The molecule has 24 heavy (non-hydrogen) atoms. The van der Waals surface area contributed by atoms with E-state index in [9.17, 15) is 14.7 Å². The van der Waals surface area contributed by atoms with E-state index in [1.165, 1.54) is 0 Å². The molecule has 1 aliphatic rings. The van der Waals surface area contributed by atoms with Gasteiger partial charge < -0.3 is 19.5 Å². The highest BCUT2D eigenvalue weighted by molar-refractivity contribution is 6.00. The van der Waals surface area contributed by atoms with Crippen LogP contribution >= 0.6 is 0 Å². The quantitative estimate of drug-likeness (QED) is 0.882. The summed E-state index contributed by atoms with van der Waals surface area (Å²) in [6.07, 6.45) is 0.0385. The van der Waals surface area contributed by atoms with Gasteiger partial charge in [0.25, 0.3) is 5.91 Å². The van der Waals surface area contributed by atoms with E-state index in [1.54, 1.807) is 4.90 Å². The molecule has 0 radical (unpaired) electrons. The Bertz CT molecular complexity index is 828. The van der Waals surface area contributed by atoms with Crippen molar-refractivity contribution in [3.05, 3.63) is 34.6 Å². The number of aliphatic carboxylic acids is 1. The van der Waals surface area contributed by atoms with Crippen molar-refractivity contribution in [2.24, 2.45) is 0 Å². The Kier molecular flexibility index (Phi) is 3.87. The number of aryl methyl sites for hydroxylation is 3. The molecule has 6 nitrogen and oxygen atoms in total. The third-order valence-electron chi connectivity index (χ3n) is 4.95. The average Bonchev–Trinajstić information content (AvgIpc) is 2.90. The van der Waals surface area contributed by atoms with Crippen molar-refractivity contribution in [3.63, 3.8) is 0 Å². The Morgan fingerprint density at radius 1 is 1.12 bits per heavy atom. The first-order valence-corrected chi connectivity index (χ1v) is 7.99. The zero-order valence-corrected chi connectivity index (χ0v) is 14.0. The van der Waals surface area contributed by atoms with Crippen LogP contribution in [0.15, 0.2) is 16.5 Å². The number of carboxylic acid groups (broad SMARTS) is 1. The number of hydrogen-bond donors (Lipinski definition) is 2. The lowest BCUT2D eigenvalue weighted by Crippen LogP contribution is -2.50. The molecule has 2 N–H and O–H groups in total. The molecule has 2 heterocycles. The molecule has 6 heteroatoms. The monoisotopic (exact) mass is 331 g/mol. The molecule has 0 saturated carbocycles. The lowest BCUT2D eigenvalue weighted by atomic mass is 9.91. The van der Waals surface area contributed by atoms with Crippen molar-refractivity contribution in [1.29, 1.82) is 0 Å². The van der Waals surface area contributed by atoms with Crippen LogP contribution in [-0.2, 0) is 4.79 Å². The number of amides is 1. The van der Waals surface area contributed by atoms with E-state index in [4.69, 9.17) is 9.52 Å². The fourth-order valence-corrected chi connectivity index (χ4v) is 3.32. The maximum Gasteiger partial charge on any atom is 0.335 e. The number of benzene rings is 1. The topological polar surface area (TPSA) is 91.0 Å². The SMILES string of the molecule is Cc1ccc(C)c2c(C)c(C(=O)N3CCC(O)(C(=O)O)CC3)oc12. The van der Waals surface area contributed by atoms with Gasteiger partial charge in [0.15, 0.2) is 11.4 Å². The summed E-state index contributed by atoms with van der Waals surface area (Å²) in [4.78, 5) is 25.4. The highest BCUT2D eigenvalue weighted by atomic mass is 16.4. The molecule has 0 aliphatic carbocycles. The molecular formula is C18H21NO5. The zero-order chi connectivity index (χ0) is 17.6.